The highest BCUT2D eigenvalue weighted by Gasteiger charge is 2.15. The van der Waals surface area contributed by atoms with Gasteiger partial charge in [0.1, 0.15) is 5.82 Å². The Balaban J connectivity index is 2.06. The maximum Gasteiger partial charge on any atom is 0.328 e. The van der Waals surface area contributed by atoms with Crippen molar-refractivity contribution >= 4 is 12.0 Å². The SMILES string of the molecule is CC1CCN(Cc2cc(F)cc(C=CC(=O)O)c2)CC1. The standard InChI is InChI=1S/C16H20FNO2/c1-12-4-6-18(7-5-12)11-14-8-13(2-3-16(19)20)9-15(17)10-14/h2-3,8-10,12H,4-7,11H2,1H3,(H,19,20). The monoisotopic (exact) mass is 277 g/mol. The summed E-state index contributed by atoms with van der Waals surface area (Å²) in [6.07, 6.45) is 4.82. The van der Waals surface area contributed by atoms with Gasteiger partial charge in [-0.1, -0.05) is 13.0 Å². The lowest BCUT2D eigenvalue weighted by Gasteiger charge is -2.30. The summed E-state index contributed by atoms with van der Waals surface area (Å²) in [5.74, 6) is -0.577. The van der Waals surface area contributed by atoms with E-state index < -0.39 is 5.97 Å². The highest BCUT2D eigenvalue weighted by atomic mass is 19.1. The Labute approximate surface area is 118 Å². The first kappa shape index (κ1) is 14.7. The predicted octanol–water partition coefficient (Wildman–Crippen LogP) is 3.16. The molecular formula is C16H20FNO2. The third-order valence-corrected chi connectivity index (χ3v) is 3.68. The zero-order chi connectivity index (χ0) is 14.5. The molecule has 4 heteroatoms. The van der Waals surface area contributed by atoms with Gasteiger partial charge in [0, 0.05) is 12.6 Å². The van der Waals surface area contributed by atoms with Crippen LogP contribution in [0.2, 0.25) is 0 Å². The fourth-order valence-electron chi connectivity index (χ4n) is 2.51. The van der Waals surface area contributed by atoms with Crippen LogP contribution in [-0.2, 0) is 11.3 Å². The maximum absolute atomic E-state index is 13.6. The van der Waals surface area contributed by atoms with E-state index in [0.717, 1.165) is 37.2 Å². The van der Waals surface area contributed by atoms with Crippen LogP contribution >= 0.6 is 0 Å². The summed E-state index contributed by atoms with van der Waals surface area (Å²) in [4.78, 5) is 12.8. The highest BCUT2D eigenvalue weighted by molar-refractivity contribution is 5.85. The van der Waals surface area contributed by atoms with E-state index in [4.69, 9.17) is 5.11 Å². The normalized spacial score (nSPS) is 17.7. The number of likely N-dealkylation sites (tertiary alicyclic amines) is 1. The maximum atomic E-state index is 13.6. The molecule has 0 aromatic heterocycles. The van der Waals surface area contributed by atoms with Crippen LogP contribution in [0.3, 0.4) is 0 Å². The number of benzene rings is 1. The molecule has 0 bridgehead atoms. The average molecular weight is 277 g/mol. The lowest BCUT2D eigenvalue weighted by Crippen LogP contribution is -2.32. The molecular weight excluding hydrogens is 257 g/mol. The fraction of sp³-hybridized carbons (Fsp3) is 0.438. The molecule has 1 aromatic carbocycles. The minimum Gasteiger partial charge on any atom is -0.478 e. The summed E-state index contributed by atoms with van der Waals surface area (Å²) in [6.45, 7) is 5.06. The van der Waals surface area contributed by atoms with Gasteiger partial charge in [0.2, 0.25) is 0 Å². The van der Waals surface area contributed by atoms with Crippen LogP contribution in [0.4, 0.5) is 4.39 Å². The summed E-state index contributed by atoms with van der Waals surface area (Å²) in [5, 5.41) is 8.61. The van der Waals surface area contributed by atoms with Crippen LogP contribution < -0.4 is 0 Å². The van der Waals surface area contributed by atoms with Crippen molar-refractivity contribution in [1.29, 1.82) is 0 Å². The highest BCUT2D eigenvalue weighted by Crippen LogP contribution is 2.19. The molecule has 3 nitrogen and oxygen atoms in total. The van der Waals surface area contributed by atoms with Gasteiger partial charge in [-0.05, 0) is 61.2 Å². The third kappa shape index (κ3) is 4.46. The van der Waals surface area contributed by atoms with Crippen molar-refractivity contribution in [3.8, 4) is 0 Å². The molecule has 108 valence electrons. The van der Waals surface area contributed by atoms with Crippen molar-refractivity contribution in [3.05, 3.63) is 41.2 Å². The van der Waals surface area contributed by atoms with Crippen molar-refractivity contribution < 1.29 is 14.3 Å². The summed E-state index contributed by atoms with van der Waals surface area (Å²) >= 11 is 0. The van der Waals surface area contributed by atoms with Crippen LogP contribution in [0.25, 0.3) is 6.08 Å². The number of hydrogen-bond donors (Lipinski definition) is 1. The summed E-state index contributed by atoms with van der Waals surface area (Å²) in [5.41, 5.74) is 1.48. The molecule has 20 heavy (non-hydrogen) atoms. The molecule has 1 N–H and O–H groups in total. The molecule has 1 saturated heterocycles. The number of hydrogen-bond acceptors (Lipinski definition) is 2. The van der Waals surface area contributed by atoms with Gasteiger partial charge in [-0.15, -0.1) is 0 Å². The second-order valence-electron chi connectivity index (χ2n) is 5.52. The average Bonchev–Trinajstić information content (AvgIpc) is 2.38. The van der Waals surface area contributed by atoms with Crippen molar-refractivity contribution in [2.24, 2.45) is 5.92 Å². The van der Waals surface area contributed by atoms with Gasteiger partial charge in [0.05, 0.1) is 0 Å². The topological polar surface area (TPSA) is 40.5 Å². The first-order valence-corrected chi connectivity index (χ1v) is 6.96. The summed E-state index contributed by atoms with van der Waals surface area (Å²) in [6, 6.07) is 4.72. The Morgan fingerprint density at radius 2 is 2.10 bits per heavy atom. The van der Waals surface area contributed by atoms with Crippen LogP contribution in [0.1, 0.15) is 30.9 Å². The number of aliphatic carboxylic acids is 1. The molecule has 0 saturated carbocycles. The van der Waals surface area contributed by atoms with Gasteiger partial charge in [-0.2, -0.15) is 0 Å². The zero-order valence-corrected chi connectivity index (χ0v) is 11.7. The number of carboxylic acid groups (broad SMARTS) is 1. The summed E-state index contributed by atoms with van der Waals surface area (Å²) < 4.78 is 13.6. The molecule has 0 unspecified atom stereocenters. The van der Waals surface area contributed by atoms with Gasteiger partial charge >= 0.3 is 5.97 Å². The van der Waals surface area contributed by atoms with Crippen molar-refractivity contribution in [1.82, 2.24) is 4.90 Å². The van der Waals surface area contributed by atoms with Crippen LogP contribution in [0.15, 0.2) is 24.3 Å². The number of piperidine rings is 1. The van der Waals surface area contributed by atoms with E-state index in [1.807, 2.05) is 6.07 Å². The molecule has 1 aliphatic rings. The first-order valence-electron chi connectivity index (χ1n) is 6.96. The van der Waals surface area contributed by atoms with E-state index >= 15 is 0 Å². The van der Waals surface area contributed by atoms with Gasteiger partial charge in [-0.3, -0.25) is 4.90 Å². The molecule has 1 fully saturated rings. The number of halogens is 1. The van der Waals surface area contributed by atoms with Gasteiger partial charge < -0.3 is 5.11 Å². The van der Waals surface area contributed by atoms with Crippen LogP contribution in [0, 0.1) is 11.7 Å². The molecule has 1 aromatic rings. The molecule has 1 aliphatic heterocycles. The van der Waals surface area contributed by atoms with E-state index in [2.05, 4.69) is 11.8 Å². The molecule has 0 radical (unpaired) electrons. The van der Waals surface area contributed by atoms with E-state index in [0.29, 0.717) is 5.56 Å². The lowest BCUT2D eigenvalue weighted by molar-refractivity contribution is -0.131. The Morgan fingerprint density at radius 3 is 2.75 bits per heavy atom. The van der Waals surface area contributed by atoms with Crippen molar-refractivity contribution in [2.75, 3.05) is 13.1 Å². The second kappa shape index (κ2) is 6.66. The number of carboxylic acids is 1. The number of carbonyl (C=O) groups is 1. The Morgan fingerprint density at radius 1 is 1.40 bits per heavy atom. The van der Waals surface area contributed by atoms with Crippen molar-refractivity contribution in [3.63, 3.8) is 0 Å². The van der Waals surface area contributed by atoms with E-state index in [9.17, 15) is 9.18 Å². The molecule has 1 heterocycles. The molecule has 0 atom stereocenters. The quantitative estimate of drug-likeness (QED) is 0.859. The Hall–Kier alpha value is -1.68. The fourth-order valence-corrected chi connectivity index (χ4v) is 2.51. The van der Waals surface area contributed by atoms with Gasteiger partial charge in [-0.25, -0.2) is 9.18 Å². The zero-order valence-electron chi connectivity index (χ0n) is 11.7. The predicted molar refractivity (Wildman–Crippen MR) is 76.7 cm³/mol. The minimum absolute atomic E-state index is 0.321. The largest absolute Gasteiger partial charge is 0.478 e. The Bertz CT molecular complexity index is 505. The van der Waals surface area contributed by atoms with E-state index in [-0.39, 0.29) is 5.82 Å². The van der Waals surface area contributed by atoms with Crippen LogP contribution in [0.5, 0.6) is 0 Å². The lowest BCUT2D eigenvalue weighted by atomic mass is 9.98. The van der Waals surface area contributed by atoms with Gasteiger partial charge in [0.25, 0.3) is 0 Å². The molecule has 0 amide bonds. The third-order valence-electron chi connectivity index (χ3n) is 3.68. The van der Waals surface area contributed by atoms with E-state index in [1.165, 1.54) is 31.1 Å². The first-order chi connectivity index (χ1) is 9.52. The van der Waals surface area contributed by atoms with Crippen LogP contribution in [-0.4, -0.2) is 29.1 Å². The minimum atomic E-state index is -1.03. The van der Waals surface area contributed by atoms with Crippen molar-refractivity contribution in [2.45, 2.75) is 26.3 Å². The van der Waals surface area contributed by atoms with E-state index in [1.54, 1.807) is 0 Å². The Kier molecular flexibility index (Phi) is 4.90. The number of rotatable bonds is 4. The molecule has 0 spiro atoms. The van der Waals surface area contributed by atoms with Gasteiger partial charge in [0.15, 0.2) is 0 Å². The second-order valence-corrected chi connectivity index (χ2v) is 5.52. The number of nitrogens with zero attached hydrogens (tertiary/aromatic N) is 1. The molecule has 0 aliphatic carbocycles. The molecule has 2 rings (SSSR count). The smallest absolute Gasteiger partial charge is 0.328 e. The summed E-state index contributed by atoms with van der Waals surface area (Å²) in [7, 11) is 0.